The van der Waals surface area contributed by atoms with Gasteiger partial charge in [-0.15, -0.1) is 11.8 Å². The zero-order chi connectivity index (χ0) is 24.8. The molecule has 0 radical (unpaired) electrons. The molecule has 6 heteroatoms. The van der Waals surface area contributed by atoms with Crippen LogP contribution in [0.1, 0.15) is 22.3 Å². The van der Waals surface area contributed by atoms with Crippen molar-refractivity contribution in [1.29, 1.82) is 0 Å². The quantitative estimate of drug-likeness (QED) is 0.112. The fourth-order valence-corrected chi connectivity index (χ4v) is 4.58. The molecule has 0 aliphatic rings. The molecule has 4 aromatic rings. The van der Waals surface area contributed by atoms with Crippen molar-refractivity contribution in [2.45, 2.75) is 18.4 Å². The molecule has 0 saturated carbocycles. The average molecular weight is 497 g/mol. The molecular formula is C29H28N4S2. The zero-order valence-electron chi connectivity index (χ0n) is 19.8. The van der Waals surface area contributed by atoms with Gasteiger partial charge >= 0.3 is 0 Å². The Morgan fingerprint density at radius 2 is 1.51 bits per heavy atom. The highest BCUT2D eigenvalue weighted by Gasteiger charge is 2.08. The van der Waals surface area contributed by atoms with Gasteiger partial charge in [0.25, 0.3) is 0 Å². The lowest BCUT2D eigenvalue weighted by atomic mass is 10.0. The van der Waals surface area contributed by atoms with Crippen molar-refractivity contribution in [2.75, 3.05) is 23.0 Å². The Kier molecular flexibility index (Phi) is 7.85. The molecule has 176 valence electrons. The predicted octanol–water partition coefficient (Wildman–Crippen LogP) is 6.96. The third kappa shape index (κ3) is 6.29. The Morgan fingerprint density at radius 1 is 0.886 bits per heavy atom. The SMILES string of the molecule is CSc1cc(-c2ccc(NC(=S)c3ccc(N)cc3)c(C)c2)ccc1CN=Cc1ccc(N)cc1. The van der Waals surface area contributed by atoms with Crippen molar-refractivity contribution in [3.8, 4) is 11.1 Å². The van der Waals surface area contributed by atoms with Gasteiger partial charge < -0.3 is 16.8 Å². The predicted molar refractivity (Wildman–Crippen MR) is 157 cm³/mol. The van der Waals surface area contributed by atoms with Crippen LogP contribution in [-0.4, -0.2) is 17.5 Å². The number of nitrogen functional groups attached to an aromatic ring is 2. The maximum Gasteiger partial charge on any atom is 0.110 e. The van der Waals surface area contributed by atoms with E-state index < -0.39 is 0 Å². The molecule has 35 heavy (non-hydrogen) atoms. The van der Waals surface area contributed by atoms with Crippen LogP contribution in [0.25, 0.3) is 11.1 Å². The number of aryl methyl sites for hydroxylation is 1. The first-order chi connectivity index (χ1) is 16.9. The molecule has 0 atom stereocenters. The van der Waals surface area contributed by atoms with Crippen molar-refractivity contribution in [3.05, 3.63) is 107 Å². The summed E-state index contributed by atoms with van der Waals surface area (Å²) >= 11 is 7.32. The number of nitrogens with two attached hydrogens (primary N) is 2. The summed E-state index contributed by atoms with van der Waals surface area (Å²) in [4.78, 5) is 6.53. The number of nitrogens with one attached hydrogen (secondary N) is 1. The summed E-state index contributed by atoms with van der Waals surface area (Å²) in [6.07, 6.45) is 3.99. The highest BCUT2D eigenvalue weighted by molar-refractivity contribution is 7.98. The molecule has 0 bridgehead atoms. The topological polar surface area (TPSA) is 76.4 Å². The Bertz CT molecular complexity index is 1360. The smallest absolute Gasteiger partial charge is 0.110 e. The second kappa shape index (κ2) is 11.2. The van der Waals surface area contributed by atoms with E-state index >= 15 is 0 Å². The number of aliphatic imine (C=N–C) groups is 1. The normalized spacial score (nSPS) is 11.0. The zero-order valence-corrected chi connectivity index (χ0v) is 21.4. The van der Waals surface area contributed by atoms with Crippen molar-refractivity contribution < 1.29 is 0 Å². The van der Waals surface area contributed by atoms with E-state index in [4.69, 9.17) is 23.7 Å². The van der Waals surface area contributed by atoms with Crippen LogP contribution in [0.5, 0.6) is 0 Å². The van der Waals surface area contributed by atoms with E-state index in [9.17, 15) is 0 Å². The fraction of sp³-hybridized carbons (Fsp3) is 0.103. The van der Waals surface area contributed by atoms with Crippen molar-refractivity contribution in [1.82, 2.24) is 0 Å². The molecule has 0 aromatic heterocycles. The number of benzene rings is 4. The Balaban J connectivity index is 1.48. The largest absolute Gasteiger partial charge is 0.399 e. The summed E-state index contributed by atoms with van der Waals surface area (Å²) in [7, 11) is 0. The summed E-state index contributed by atoms with van der Waals surface area (Å²) in [5.74, 6) is 0. The van der Waals surface area contributed by atoms with Gasteiger partial charge in [0.1, 0.15) is 4.99 Å². The third-order valence-corrected chi connectivity index (χ3v) is 6.86. The number of nitrogens with zero attached hydrogens (tertiary/aromatic N) is 1. The molecule has 0 aliphatic heterocycles. The van der Waals surface area contributed by atoms with Crippen LogP contribution < -0.4 is 16.8 Å². The van der Waals surface area contributed by atoms with E-state index in [0.29, 0.717) is 11.5 Å². The van der Waals surface area contributed by atoms with Gasteiger partial charge in [0, 0.05) is 33.7 Å². The minimum absolute atomic E-state index is 0.630. The van der Waals surface area contributed by atoms with Gasteiger partial charge in [-0.05, 0) is 95.6 Å². The summed E-state index contributed by atoms with van der Waals surface area (Å²) in [5, 5.41) is 3.36. The molecule has 0 unspecified atom stereocenters. The molecule has 4 aromatic carbocycles. The number of hydrogen-bond acceptors (Lipinski definition) is 5. The molecule has 0 spiro atoms. The average Bonchev–Trinajstić information content (AvgIpc) is 2.87. The lowest BCUT2D eigenvalue weighted by molar-refractivity contribution is 1.03. The van der Waals surface area contributed by atoms with Gasteiger partial charge in [-0.25, -0.2) is 0 Å². The van der Waals surface area contributed by atoms with Crippen LogP contribution in [0.4, 0.5) is 17.1 Å². The number of anilines is 3. The van der Waals surface area contributed by atoms with Crippen LogP contribution in [0, 0.1) is 6.92 Å². The molecule has 5 N–H and O–H groups in total. The van der Waals surface area contributed by atoms with E-state index in [1.165, 1.54) is 21.6 Å². The molecule has 4 nitrogen and oxygen atoms in total. The van der Waals surface area contributed by atoms with Gasteiger partial charge in [0.15, 0.2) is 0 Å². The molecular weight excluding hydrogens is 468 g/mol. The first-order valence-corrected chi connectivity index (χ1v) is 12.9. The van der Waals surface area contributed by atoms with E-state index in [0.717, 1.165) is 33.8 Å². The maximum absolute atomic E-state index is 5.78. The van der Waals surface area contributed by atoms with Crippen LogP contribution in [0.2, 0.25) is 0 Å². The van der Waals surface area contributed by atoms with Crippen LogP contribution in [0.15, 0.2) is 94.8 Å². The number of hydrogen-bond donors (Lipinski definition) is 3. The molecule has 0 aliphatic carbocycles. The van der Waals surface area contributed by atoms with Gasteiger partial charge in [0.2, 0.25) is 0 Å². The summed E-state index contributed by atoms with van der Waals surface area (Å²) in [6, 6.07) is 28.2. The first kappa shape index (κ1) is 24.5. The summed E-state index contributed by atoms with van der Waals surface area (Å²) < 4.78 is 0. The minimum Gasteiger partial charge on any atom is -0.399 e. The van der Waals surface area contributed by atoms with Crippen LogP contribution in [0.3, 0.4) is 0 Å². The highest BCUT2D eigenvalue weighted by Crippen LogP contribution is 2.30. The minimum atomic E-state index is 0.630. The van der Waals surface area contributed by atoms with E-state index in [1.54, 1.807) is 11.8 Å². The number of thioether (sulfide) groups is 1. The summed E-state index contributed by atoms with van der Waals surface area (Å²) in [5.41, 5.74) is 20.7. The van der Waals surface area contributed by atoms with Crippen molar-refractivity contribution in [3.63, 3.8) is 0 Å². The monoisotopic (exact) mass is 496 g/mol. The Morgan fingerprint density at radius 3 is 2.17 bits per heavy atom. The fourth-order valence-electron chi connectivity index (χ4n) is 3.70. The molecule has 0 heterocycles. The van der Waals surface area contributed by atoms with Crippen LogP contribution >= 0.6 is 24.0 Å². The van der Waals surface area contributed by atoms with Crippen molar-refractivity contribution in [2.24, 2.45) is 4.99 Å². The van der Waals surface area contributed by atoms with Gasteiger partial charge in [-0.1, -0.05) is 42.5 Å². The first-order valence-electron chi connectivity index (χ1n) is 11.2. The molecule has 0 amide bonds. The lowest BCUT2D eigenvalue weighted by Gasteiger charge is -2.14. The maximum atomic E-state index is 5.78. The van der Waals surface area contributed by atoms with Gasteiger partial charge in [-0.3, -0.25) is 4.99 Å². The van der Waals surface area contributed by atoms with E-state index in [2.05, 4.69) is 59.9 Å². The highest BCUT2D eigenvalue weighted by atomic mass is 32.2. The van der Waals surface area contributed by atoms with Crippen LogP contribution in [-0.2, 0) is 6.54 Å². The number of rotatable bonds is 7. The molecule has 0 saturated heterocycles. The molecule has 4 rings (SSSR count). The second-order valence-electron chi connectivity index (χ2n) is 8.27. The van der Waals surface area contributed by atoms with Gasteiger partial charge in [0.05, 0.1) is 6.54 Å². The standard InChI is InChI=1S/C29H28N4S2/c1-19-15-22(9-14-27(19)33-29(34)21-7-12-26(31)13-8-21)23-5-6-24(28(16-23)35-2)18-32-17-20-3-10-25(30)11-4-20/h3-17H,18,30-31H2,1-2H3,(H,33,34). The van der Waals surface area contributed by atoms with E-state index in [-0.39, 0.29) is 0 Å². The van der Waals surface area contributed by atoms with Gasteiger partial charge in [-0.2, -0.15) is 0 Å². The van der Waals surface area contributed by atoms with Crippen molar-refractivity contribution >= 4 is 52.2 Å². The third-order valence-electron chi connectivity index (χ3n) is 5.71. The van der Waals surface area contributed by atoms with E-state index in [1.807, 2.05) is 54.7 Å². The summed E-state index contributed by atoms with van der Waals surface area (Å²) in [6.45, 7) is 2.72. The molecule has 0 fully saturated rings. The Hall–Kier alpha value is -3.61. The lowest BCUT2D eigenvalue weighted by Crippen LogP contribution is -2.11. The number of thiocarbonyl (C=S) groups is 1. The Labute approximate surface area is 216 Å². The second-order valence-corrected chi connectivity index (χ2v) is 9.53.